The molecule has 29 heavy (non-hydrogen) atoms. The average molecular weight is 400 g/mol. The van der Waals surface area contributed by atoms with E-state index in [1.54, 1.807) is 7.11 Å². The third-order valence-electron chi connectivity index (χ3n) is 7.97. The molecule has 1 aromatic carbocycles. The molecule has 2 aliphatic carbocycles. The minimum Gasteiger partial charge on any atom is -0.383 e. The van der Waals surface area contributed by atoms with Crippen LogP contribution in [0.1, 0.15) is 50.5 Å². The molecule has 1 heterocycles. The highest BCUT2D eigenvalue weighted by Gasteiger charge is 2.54. The van der Waals surface area contributed by atoms with E-state index in [2.05, 4.69) is 54.2 Å². The van der Waals surface area contributed by atoms with Crippen molar-refractivity contribution in [3.63, 3.8) is 0 Å². The van der Waals surface area contributed by atoms with Crippen LogP contribution in [0.5, 0.6) is 0 Å². The number of rotatable bonds is 7. The molecule has 3 aliphatic rings. The fourth-order valence-electron chi connectivity index (χ4n) is 5.76. The second-order valence-electron chi connectivity index (χ2n) is 9.62. The normalized spacial score (nSPS) is 30.4. The molecule has 1 spiro atoms. The van der Waals surface area contributed by atoms with Gasteiger partial charge in [0.2, 0.25) is 0 Å². The molecule has 0 N–H and O–H groups in total. The summed E-state index contributed by atoms with van der Waals surface area (Å²) < 4.78 is 5.28. The number of ether oxygens (including phenoxy) is 1. The summed E-state index contributed by atoms with van der Waals surface area (Å²) in [4.78, 5) is 20.0. The van der Waals surface area contributed by atoms with Crippen LogP contribution < -0.4 is 0 Å². The lowest BCUT2D eigenvalue weighted by Gasteiger charge is -2.51. The number of carbonyl (C=O) groups excluding carboxylic acids is 1. The van der Waals surface area contributed by atoms with Gasteiger partial charge >= 0.3 is 6.03 Å². The van der Waals surface area contributed by atoms with Crippen LogP contribution in [0.3, 0.4) is 0 Å². The highest BCUT2D eigenvalue weighted by Crippen LogP contribution is 2.49. The molecule has 0 atom stereocenters. The molecule has 0 bridgehead atoms. The van der Waals surface area contributed by atoms with Gasteiger partial charge in [-0.1, -0.05) is 36.8 Å². The Hall–Kier alpha value is -1.59. The second-order valence-corrected chi connectivity index (χ2v) is 9.62. The van der Waals surface area contributed by atoms with Gasteiger partial charge in [-0.15, -0.1) is 0 Å². The molecule has 2 amide bonds. The molecule has 2 saturated carbocycles. The van der Waals surface area contributed by atoms with E-state index in [4.69, 9.17) is 4.74 Å². The minimum atomic E-state index is -0.00525. The summed E-state index contributed by atoms with van der Waals surface area (Å²) in [6.07, 6.45) is 8.22. The maximum absolute atomic E-state index is 13.3. The Kier molecular flexibility index (Phi) is 5.90. The van der Waals surface area contributed by atoms with E-state index in [-0.39, 0.29) is 17.1 Å². The Morgan fingerprint density at radius 2 is 1.79 bits per heavy atom. The van der Waals surface area contributed by atoms with Crippen molar-refractivity contribution in [2.24, 2.45) is 5.92 Å². The van der Waals surface area contributed by atoms with E-state index < -0.39 is 0 Å². The summed E-state index contributed by atoms with van der Waals surface area (Å²) in [6.45, 7) is 3.13. The monoisotopic (exact) mass is 399 g/mol. The van der Waals surface area contributed by atoms with Crippen LogP contribution in [0.15, 0.2) is 30.3 Å². The summed E-state index contributed by atoms with van der Waals surface area (Å²) in [5.41, 5.74) is 1.47. The highest BCUT2D eigenvalue weighted by atomic mass is 16.5. The molecular weight excluding hydrogens is 362 g/mol. The fraction of sp³-hybridized carbons (Fsp3) is 0.708. The number of nitrogens with zero attached hydrogens (tertiary/aromatic N) is 3. The number of methoxy groups -OCH3 is 1. The van der Waals surface area contributed by atoms with Gasteiger partial charge in [-0.05, 0) is 64.1 Å². The van der Waals surface area contributed by atoms with E-state index in [9.17, 15) is 4.79 Å². The van der Waals surface area contributed by atoms with E-state index in [0.717, 1.165) is 38.8 Å². The Morgan fingerprint density at radius 1 is 1.10 bits per heavy atom. The molecule has 5 heteroatoms. The number of carbonyl (C=O) groups is 1. The van der Waals surface area contributed by atoms with E-state index in [1.165, 1.54) is 24.8 Å². The zero-order valence-electron chi connectivity index (χ0n) is 18.4. The van der Waals surface area contributed by atoms with Crippen molar-refractivity contribution in [1.82, 2.24) is 14.7 Å². The SMILES string of the molecule is COCCN1C[C@]2(CC[C@@](c3ccccc3)(N(C)C)CC2)N(CC2CCC2)C1=O. The largest absolute Gasteiger partial charge is 0.383 e. The molecule has 0 unspecified atom stereocenters. The number of urea groups is 1. The lowest BCUT2D eigenvalue weighted by atomic mass is 9.68. The van der Waals surface area contributed by atoms with E-state index in [1.807, 2.05) is 4.90 Å². The maximum atomic E-state index is 13.3. The summed E-state index contributed by atoms with van der Waals surface area (Å²) in [6, 6.07) is 11.2. The van der Waals surface area contributed by atoms with Crippen LogP contribution in [0.4, 0.5) is 4.79 Å². The van der Waals surface area contributed by atoms with Crippen LogP contribution in [0.2, 0.25) is 0 Å². The first-order valence-electron chi connectivity index (χ1n) is 11.3. The second kappa shape index (κ2) is 8.27. The van der Waals surface area contributed by atoms with Crippen molar-refractivity contribution in [3.05, 3.63) is 35.9 Å². The summed E-state index contributed by atoms with van der Waals surface area (Å²) >= 11 is 0. The summed E-state index contributed by atoms with van der Waals surface area (Å²) in [5, 5.41) is 0. The lowest BCUT2D eigenvalue weighted by Crippen LogP contribution is -2.56. The first kappa shape index (κ1) is 20.7. The van der Waals surface area contributed by atoms with Crippen LogP contribution in [-0.4, -0.2) is 73.7 Å². The molecule has 1 aromatic rings. The van der Waals surface area contributed by atoms with Gasteiger partial charge in [0.15, 0.2) is 0 Å². The molecule has 160 valence electrons. The van der Waals surface area contributed by atoms with Gasteiger partial charge in [0.05, 0.1) is 12.1 Å². The smallest absolute Gasteiger partial charge is 0.320 e. The summed E-state index contributed by atoms with van der Waals surface area (Å²) in [5.74, 6) is 0.702. The van der Waals surface area contributed by atoms with Gasteiger partial charge in [-0.3, -0.25) is 4.90 Å². The Labute approximate surface area is 176 Å². The number of hydrogen-bond donors (Lipinski definition) is 0. The van der Waals surface area contributed by atoms with Gasteiger partial charge < -0.3 is 14.5 Å². The molecular formula is C24H37N3O2. The molecule has 0 aromatic heterocycles. The van der Waals surface area contributed by atoms with Crippen molar-refractivity contribution < 1.29 is 9.53 Å². The fourth-order valence-corrected chi connectivity index (χ4v) is 5.76. The van der Waals surface area contributed by atoms with Gasteiger partial charge in [-0.25, -0.2) is 4.79 Å². The number of benzene rings is 1. The Morgan fingerprint density at radius 3 is 2.34 bits per heavy atom. The van der Waals surface area contributed by atoms with Crippen molar-refractivity contribution in [2.75, 3.05) is 47.4 Å². The number of amides is 2. The predicted octanol–water partition coefficient (Wildman–Crippen LogP) is 3.94. The average Bonchev–Trinajstić information content (AvgIpc) is 2.95. The highest BCUT2D eigenvalue weighted by molar-refractivity contribution is 5.78. The van der Waals surface area contributed by atoms with E-state index in [0.29, 0.717) is 19.1 Å². The van der Waals surface area contributed by atoms with Crippen LogP contribution in [-0.2, 0) is 10.3 Å². The zero-order valence-corrected chi connectivity index (χ0v) is 18.4. The molecule has 3 fully saturated rings. The zero-order chi connectivity index (χ0) is 20.5. The Balaban J connectivity index is 1.56. The maximum Gasteiger partial charge on any atom is 0.320 e. The third kappa shape index (κ3) is 3.68. The molecule has 4 rings (SSSR count). The first-order chi connectivity index (χ1) is 14.0. The molecule has 5 nitrogen and oxygen atoms in total. The van der Waals surface area contributed by atoms with Crippen molar-refractivity contribution in [1.29, 1.82) is 0 Å². The molecule has 1 aliphatic heterocycles. The summed E-state index contributed by atoms with van der Waals surface area (Å²) in [7, 11) is 6.14. The topological polar surface area (TPSA) is 36.0 Å². The molecule has 1 saturated heterocycles. The Bertz CT molecular complexity index is 693. The standard InChI is InChI=1S/C24H37N3O2/c1-25(2)24(21-10-5-4-6-11-21)14-12-23(13-15-24)19-26(16-17-29-3)22(28)27(23)18-20-8-7-9-20/h4-6,10-11,20H,7-9,12-19H2,1-3H3/t23-,24-. The van der Waals surface area contributed by atoms with Crippen molar-refractivity contribution >= 4 is 6.03 Å². The van der Waals surface area contributed by atoms with Crippen LogP contribution in [0, 0.1) is 5.92 Å². The first-order valence-corrected chi connectivity index (χ1v) is 11.3. The van der Waals surface area contributed by atoms with Crippen molar-refractivity contribution in [3.8, 4) is 0 Å². The van der Waals surface area contributed by atoms with Gasteiger partial charge in [-0.2, -0.15) is 0 Å². The van der Waals surface area contributed by atoms with Crippen molar-refractivity contribution in [2.45, 2.75) is 56.0 Å². The molecule has 0 radical (unpaired) electrons. The third-order valence-corrected chi connectivity index (χ3v) is 7.97. The van der Waals surface area contributed by atoms with Gasteiger partial charge in [0.25, 0.3) is 0 Å². The van der Waals surface area contributed by atoms with Crippen LogP contribution in [0.25, 0.3) is 0 Å². The quantitative estimate of drug-likeness (QED) is 0.697. The minimum absolute atomic E-state index is 0.00525. The lowest BCUT2D eigenvalue weighted by molar-refractivity contribution is 0.0157. The van der Waals surface area contributed by atoms with E-state index >= 15 is 0 Å². The van der Waals surface area contributed by atoms with Gasteiger partial charge in [0.1, 0.15) is 0 Å². The van der Waals surface area contributed by atoms with Gasteiger partial charge in [0, 0.05) is 32.3 Å². The predicted molar refractivity (Wildman–Crippen MR) is 116 cm³/mol. The number of hydrogen-bond acceptors (Lipinski definition) is 3. The van der Waals surface area contributed by atoms with Crippen LogP contribution >= 0.6 is 0 Å².